The number of ether oxygens (including phenoxy) is 2. The van der Waals surface area contributed by atoms with Crippen molar-refractivity contribution >= 4 is 10.9 Å². The van der Waals surface area contributed by atoms with E-state index < -0.39 is 0 Å². The van der Waals surface area contributed by atoms with Crippen LogP contribution in [0, 0.1) is 0 Å². The van der Waals surface area contributed by atoms with Crippen molar-refractivity contribution in [1.29, 1.82) is 0 Å². The predicted molar refractivity (Wildman–Crippen MR) is 84.1 cm³/mol. The van der Waals surface area contributed by atoms with Crippen LogP contribution in [-0.2, 0) is 6.42 Å². The molecule has 108 valence electrons. The average molecular weight is 282 g/mol. The molecule has 0 amide bonds. The molecular formula is C17H18N2O2. The van der Waals surface area contributed by atoms with Crippen molar-refractivity contribution < 1.29 is 9.47 Å². The van der Waals surface area contributed by atoms with Gasteiger partial charge in [-0.25, -0.2) is 0 Å². The van der Waals surface area contributed by atoms with Gasteiger partial charge in [-0.2, -0.15) is 0 Å². The normalized spacial score (nSPS) is 10.8. The van der Waals surface area contributed by atoms with Gasteiger partial charge in [0.25, 0.3) is 0 Å². The minimum absolute atomic E-state index is 0.635. The van der Waals surface area contributed by atoms with E-state index in [1.165, 1.54) is 5.56 Å². The Kier molecular flexibility index (Phi) is 3.79. The lowest BCUT2D eigenvalue weighted by Gasteiger charge is -2.07. The first-order chi connectivity index (χ1) is 10.3. The molecule has 0 saturated carbocycles. The lowest BCUT2D eigenvalue weighted by Crippen LogP contribution is -2.01. The van der Waals surface area contributed by atoms with Crippen molar-refractivity contribution in [3.8, 4) is 17.2 Å². The monoisotopic (exact) mass is 282 g/mol. The number of H-pyrrole nitrogens is 1. The van der Waals surface area contributed by atoms with E-state index in [1.807, 2.05) is 48.7 Å². The number of methoxy groups -OCH3 is 1. The highest BCUT2D eigenvalue weighted by molar-refractivity contribution is 5.84. The Morgan fingerprint density at radius 2 is 1.71 bits per heavy atom. The first kappa shape index (κ1) is 13.5. The van der Waals surface area contributed by atoms with E-state index >= 15 is 0 Å². The van der Waals surface area contributed by atoms with Crippen LogP contribution in [0.3, 0.4) is 0 Å². The van der Waals surface area contributed by atoms with Crippen LogP contribution < -0.4 is 15.2 Å². The van der Waals surface area contributed by atoms with Gasteiger partial charge in [-0.1, -0.05) is 0 Å². The quantitative estimate of drug-likeness (QED) is 0.753. The fourth-order valence-corrected chi connectivity index (χ4v) is 2.36. The number of fused-ring (bicyclic) bond motifs is 1. The predicted octanol–water partition coefficient (Wildman–Crippen LogP) is 3.47. The van der Waals surface area contributed by atoms with Gasteiger partial charge in [0.2, 0.25) is 0 Å². The topological polar surface area (TPSA) is 60.3 Å². The smallest absolute Gasteiger partial charge is 0.128 e. The second-order valence-electron chi connectivity index (χ2n) is 4.84. The summed E-state index contributed by atoms with van der Waals surface area (Å²) in [6, 6.07) is 13.6. The molecule has 0 bridgehead atoms. The highest BCUT2D eigenvalue weighted by Gasteiger charge is 2.05. The fourth-order valence-electron chi connectivity index (χ4n) is 2.36. The molecule has 0 saturated heterocycles. The zero-order chi connectivity index (χ0) is 14.7. The van der Waals surface area contributed by atoms with Gasteiger partial charge in [0.05, 0.1) is 7.11 Å². The lowest BCUT2D eigenvalue weighted by atomic mass is 10.1. The molecule has 3 aromatic rings. The molecule has 0 fully saturated rings. The third kappa shape index (κ3) is 2.85. The zero-order valence-electron chi connectivity index (χ0n) is 11.9. The summed E-state index contributed by atoms with van der Waals surface area (Å²) < 4.78 is 11.0. The first-order valence-corrected chi connectivity index (χ1v) is 6.92. The SMILES string of the molecule is COc1ccc(Oc2ccc3[nH]cc(CCN)c3c2)cc1. The fraction of sp³-hybridized carbons (Fsp3) is 0.176. The van der Waals surface area contributed by atoms with Crippen LogP contribution in [0.1, 0.15) is 5.56 Å². The Balaban J connectivity index is 1.87. The van der Waals surface area contributed by atoms with Gasteiger partial charge in [-0.05, 0) is 61.0 Å². The van der Waals surface area contributed by atoms with E-state index in [4.69, 9.17) is 15.2 Å². The maximum atomic E-state index is 5.89. The summed E-state index contributed by atoms with van der Waals surface area (Å²) in [5.74, 6) is 2.41. The number of aromatic nitrogens is 1. The third-order valence-electron chi connectivity index (χ3n) is 3.45. The Hall–Kier alpha value is -2.46. The Bertz CT molecular complexity index is 732. The zero-order valence-corrected chi connectivity index (χ0v) is 11.9. The van der Waals surface area contributed by atoms with Crippen molar-refractivity contribution in [3.63, 3.8) is 0 Å². The highest BCUT2D eigenvalue weighted by atomic mass is 16.5. The van der Waals surface area contributed by atoms with Crippen LogP contribution in [-0.4, -0.2) is 18.6 Å². The number of benzene rings is 2. The van der Waals surface area contributed by atoms with E-state index in [2.05, 4.69) is 4.98 Å². The van der Waals surface area contributed by atoms with Gasteiger partial charge in [-0.15, -0.1) is 0 Å². The average Bonchev–Trinajstić information content (AvgIpc) is 2.91. The summed E-state index contributed by atoms with van der Waals surface area (Å²) in [5.41, 5.74) is 7.96. The number of nitrogens with one attached hydrogen (secondary N) is 1. The molecule has 0 radical (unpaired) electrons. The summed E-state index contributed by atoms with van der Waals surface area (Å²) in [4.78, 5) is 3.25. The van der Waals surface area contributed by atoms with Crippen molar-refractivity contribution in [2.24, 2.45) is 5.73 Å². The maximum Gasteiger partial charge on any atom is 0.128 e. The Morgan fingerprint density at radius 1 is 1.00 bits per heavy atom. The molecule has 0 aliphatic carbocycles. The summed E-state index contributed by atoms with van der Waals surface area (Å²) >= 11 is 0. The summed E-state index contributed by atoms with van der Waals surface area (Å²) in [6.07, 6.45) is 2.86. The minimum atomic E-state index is 0.635. The largest absolute Gasteiger partial charge is 0.497 e. The van der Waals surface area contributed by atoms with Gasteiger partial charge >= 0.3 is 0 Å². The molecule has 0 spiro atoms. The summed E-state index contributed by atoms with van der Waals surface area (Å²) in [6.45, 7) is 0.635. The lowest BCUT2D eigenvalue weighted by molar-refractivity contribution is 0.413. The molecule has 3 N–H and O–H groups in total. The first-order valence-electron chi connectivity index (χ1n) is 6.92. The number of hydrogen-bond acceptors (Lipinski definition) is 3. The molecular weight excluding hydrogens is 264 g/mol. The molecule has 0 aliphatic rings. The Labute approximate surface area is 123 Å². The van der Waals surface area contributed by atoms with Crippen LogP contribution >= 0.6 is 0 Å². The van der Waals surface area contributed by atoms with Gasteiger partial charge in [0, 0.05) is 17.1 Å². The molecule has 4 nitrogen and oxygen atoms in total. The molecule has 1 heterocycles. The third-order valence-corrected chi connectivity index (χ3v) is 3.45. The number of hydrogen-bond donors (Lipinski definition) is 2. The van der Waals surface area contributed by atoms with Crippen LogP contribution in [0.15, 0.2) is 48.7 Å². The number of rotatable bonds is 5. The standard InChI is InChI=1S/C17H18N2O2/c1-20-13-2-4-14(5-3-13)21-15-6-7-17-16(10-15)12(8-9-18)11-19-17/h2-7,10-11,19H,8-9,18H2,1H3. The minimum Gasteiger partial charge on any atom is -0.497 e. The molecule has 2 aromatic carbocycles. The van der Waals surface area contributed by atoms with Crippen LogP contribution in [0.5, 0.6) is 17.2 Å². The second-order valence-corrected chi connectivity index (χ2v) is 4.84. The van der Waals surface area contributed by atoms with Crippen molar-refractivity contribution in [3.05, 3.63) is 54.2 Å². The molecule has 4 heteroatoms. The van der Waals surface area contributed by atoms with Crippen molar-refractivity contribution in [2.75, 3.05) is 13.7 Å². The number of nitrogens with two attached hydrogens (primary N) is 1. The van der Waals surface area contributed by atoms with Crippen molar-refractivity contribution in [2.45, 2.75) is 6.42 Å². The van der Waals surface area contributed by atoms with Gasteiger partial charge < -0.3 is 20.2 Å². The van der Waals surface area contributed by atoms with E-state index in [1.54, 1.807) is 7.11 Å². The second kappa shape index (κ2) is 5.89. The number of aromatic amines is 1. The van der Waals surface area contributed by atoms with E-state index in [0.717, 1.165) is 34.6 Å². The summed E-state index contributed by atoms with van der Waals surface area (Å²) in [7, 11) is 1.65. The molecule has 0 atom stereocenters. The molecule has 3 rings (SSSR count). The molecule has 0 aliphatic heterocycles. The van der Waals surface area contributed by atoms with Crippen LogP contribution in [0.4, 0.5) is 0 Å². The maximum absolute atomic E-state index is 5.89. The molecule has 21 heavy (non-hydrogen) atoms. The van der Waals surface area contributed by atoms with Crippen LogP contribution in [0.25, 0.3) is 10.9 Å². The van der Waals surface area contributed by atoms with Gasteiger partial charge in [0.1, 0.15) is 17.2 Å². The van der Waals surface area contributed by atoms with E-state index in [9.17, 15) is 0 Å². The molecule has 0 unspecified atom stereocenters. The molecule has 1 aromatic heterocycles. The summed E-state index contributed by atoms with van der Waals surface area (Å²) in [5, 5.41) is 1.16. The van der Waals surface area contributed by atoms with E-state index in [0.29, 0.717) is 6.54 Å². The van der Waals surface area contributed by atoms with Crippen molar-refractivity contribution in [1.82, 2.24) is 4.98 Å². The van der Waals surface area contributed by atoms with E-state index in [-0.39, 0.29) is 0 Å². The van der Waals surface area contributed by atoms with Crippen LogP contribution in [0.2, 0.25) is 0 Å². The van der Waals surface area contributed by atoms with Gasteiger partial charge in [-0.3, -0.25) is 0 Å². The Morgan fingerprint density at radius 3 is 2.43 bits per heavy atom. The van der Waals surface area contributed by atoms with Gasteiger partial charge in [0.15, 0.2) is 0 Å². The highest BCUT2D eigenvalue weighted by Crippen LogP contribution is 2.28.